The number of carbonyl (C=O) groups is 2. The van der Waals surface area contributed by atoms with Crippen LogP contribution in [0.15, 0.2) is 23.3 Å². The van der Waals surface area contributed by atoms with Gasteiger partial charge in [-0.25, -0.2) is 0 Å². The summed E-state index contributed by atoms with van der Waals surface area (Å²) in [5.41, 5.74) is 4.11. The molecule has 4 aliphatic rings. The highest BCUT2D eigenvalue weighted by Crippen LogP contribution is 2.72. The Morgan fingerprint density at radius 3 is 2.34 bits per heavy atom. The highest BCUT2D eigenvalue weighted by molar-refractivity contribution is 5.94. The fourth-order valence-corrected chi connectivity index (χ4v) is 9.50. The maximum atomic E-state index is 13.0. The summed E-state index contributed by atoms with van der Waals surface area (Å²) in [6.45, 7) is 17.5. The molecule has 0 saturated heterocycles. The van der Waals surface area contributed by atoms with Crippen LogP contribution in [0.25, 0.3) is 0 Å². The third kappa shape index (κ3) is 3.80. The van der Waals surface area contributed by atoms with Crippen LogP contribution in [0, 0.1) is 39.4 Å². The quantitative estimate of drug-likeness (QED) is 0.255. The molecule has 0 spiro atoms. The second-order valence-corrected chi connectivity index (χ2v) is 13.6. The van der Waals surface area contributed by atoms with Gasteiger partial charge in [0.2, 0.25) is 0 Å². The second kappa shape index (κ2) is 8.85. The van der Waals surface area contributed by atoms with Gasteiger partial charge in [0, 0.05) is 6.42 Å². The van der Waals surface area contributed by atoms with Gasteiger partial charge in [-0.15, -0.1) is 0 Å². The van der Waals surface area contributed by atoms with E-state index in [9.17, 15) is 14.7 Å². The Morgan fingerprint density at radius 2 is 1.71 bits per heavy atom. The molecule has 0 aromatic heterocycles. The number of carbonyl (C=O) groups excluding carboxylic acids is 2. The van der Waals surface area contributed by atoms with Gasteiger partial charge in [0.1, 0.15) is 0 Å². The van der Waals surface area contributed by atoms with Crippen molar-refractivity contribution >= 4 is 11.8 Å². The van der Waals surface area contributed by atoms with Gasteiger partial charge in [0.15, 0.2) is 5.78 Å². The molecule has 4 heteroatoms. The molecule has 2 fully saturated rings. The van der Waals surface area contributed by atoms with Gasteiger partial charge in [0.05, 0.1) is 19.1 Å². The molecule has 35 heavy (non-hydrogen) atoms. The monoisotopic (exact) mass is 484 g/mol. The summed E-state index contributed by atoms with van der Waals surface area (Å²) in [7, 11) is 1.48. The minimum atomic E-state index is -0.243. The number of Topliss-reactive ketones (excluding diaryl/α,β-unsaturated/α-hetero) is 1. The van der Waals surface area contributed by atoms with Crippen molar-refractivity contribution in [3.05, 3.63) is 23.3 Å². The zero-order chi connectivity index (χ0) is 26.0. The van der Waals surface area contributed by atoms with E-state index in [1.54, 1.807) is 18.1 Å². The Bertz CT molecular complexity index is 944. The van der Waals surface area contributed by atoms with Crippen LogP contribution in [0.1, 0.15) is 106 Å². The lowest BCUT2D eigenvalue weighted by Gasteiger charge is -2.62. The molecule has 4 rings (SSSR count). The highest BCUT2D eigenvalue weighted by Gasteiger charge is 2.64. The molecule has 4 nitrogen and oxygen atoms in total. The van der Waals surface area contributed by atoms with E-state index in [-0.39, 0.29) is 51.4 Å². The molecule has 0 aromatic rings. The van der Waals surface area contributed by atoms with E-state index >= 15 is 0 Å². The molecule has 7 atom stereocenters. The predicted molar refractivity (Wildman–Crippen MR) is 140 cm³/mol. The van der Waals surface area contributed by atoms with Gasteiger partial charge in [0.25, 0.3) is 0 Å². The van der Waals surface area contributed by atoms with Gasteiger partial charge < -0.3 is 9.84 Å². The first-order valence-corrected chi connectivity index (χ1v) is 13.9. The van der Waals surface area contributed by atoms with Crippen LogP contribution in [0.4, 0.5) is 0 Å². The molecule has 2 saturated carbocycles. The van der Waals surface area contributed by atoms with Crippen LogP contribution >= 0.6 is 0 Å². The minimum absolute atomic E-state index is 0.0177. The number of allylic oxidation sites excluding steroid dienone is 3. The van der Waals surface area contributed by atoms with E-state index in [4.69, 9.17) is 4.74 Å². The van der Waals surface area contributed by atoms with Crippen LogP contribution in [-0.2, 0) is 14.3 Å². The van der Waals surface area contributed by atoms with Crippen molar-refractivity contribution in [1.29, 1.82) is 0 Å². The summed E-state index contributed by atoms with van der Waals surface area (Å²) in [6, 6.07) is 0. The third-order valence-electron chi connectivity index (χ3n) is 11.9. The number of fused-ring (bicyclic) bond motifs is 4. The Kier molecular flexibility index (Phi) is 6.74. The zero-order valence-corrected chi connectivity index (χ0v) is 23.3. The number of aliphatic hydroxyl groups excluding tert-OH is 1. The number of methoxy groups -OCH3 is 1. The number of ketones is 1. The largest absolute Gasteiger partial charge is 0.469 e. The van der Waals surface area contributed by atoms with Gasteiger partial charge in [-0.1, -0.05) is 52.3 Å². The Morgan fingerprint density at radius 1 is 1.03 bits per heavy atom. The third-order valence-corrected chi connectivity index (χ3v) is 11.9. The fourth-order valence-electron chi connectivity index (χ4n) is 9.50. The standard InChI is InChI=1S/C31H48O4/c1-19(2)24(32)11-9-20(27(34)35-8)21-13-17-31(7)23-10-12-25-28(3,4)26(33)15-16-29(25,5)22(23)14-18-30(21,31)6/h20-21,25-26,33H,1,9-18H2,2-8H3. The van der Waals surface area contributed by atoms with Crippen molar-refractivity contribution in [3.8, 4) is 0 Å². The van der Waals surface area contributed by atoms with Crippen LogP contribution in [0.5, 0.6) is 0 Å². The molecular formula is C31H48O4. The first-order chi connectivity index (χ1) is 16.2. The molecule has 1 N–H and O–H groups in total. The number of hydrogen-bond donors (Lipinski definition) is 1. The van der Waals surface area contributed by atoms with Crippen molar-refractivity contribution in [2.75, 3.05) is 7.11 Å². The molecular weight excluding hydrogens is 436 g/mol. The van der Waals surface area contributed by atoms with Crippen LogP contribution in [-0.4, -0.2) is 30.1 Å². The Hall–Kier alpha value is -1.42. The highest BCUT2D eigenvalue weighted by atomic mass is 16.5. The average Bonchev–Trinajstić information content (AvgIpc) is 3.08. The maximum absolute atomic E-state index is 13.0. The number of rotatable bonds is 6. The van der Waals surface area contributed by atoms with Crippen LogP contribution < -0.4 is 0 Å². The molecule has 196 valence electrons. The summed E-state index contributed by atoms with van der Waals surface area (Å²) in [5, 5.41) is 10.8. The van der Waals surface area contributed by atoms with Gasteiger partial charge in [-0.2, -0.15) is 0 Å². The Balaban J connectivity index is 1.69. The normalized spacial score (nSPS) is 40.9. The van der Waals surface area contributed by atoms with E-state index < -0.39 is 0 Å². The second-order valence-electron chi connectivity index (χ2n) is 13.6. The Labute approximate surface area is 213 Å². The molecule has 0 aliphatic heterocycles. The van der Waals surface area contributed by atoms with E-state index in [0.717, 1.165) is 51.4 Å². The van der Waals surface area contributed by atoms with E-state index in [1.807, 2.05) is 0 Å². The van der Waals surface area contributed by atoms with E-state index in [2.05, 4.69) is 41.2 Å². The van der Waals surface area contributed by atoms with Gasteiger partial charge in [-0.3, -0.25) is 9.59 Å². The van der Waals surface area contributed by atoms with Crippen LogP contribution in [0.2, 0.25) is 0 Å². The van der Waals surface area contributed by atoms with E-state index in [1.165, 1.54) is 7.11 Å². The molecule has 0 bridgehead atoms. The molecule has 4 aliphatic carbocycles. The average molecular weight is 485 g/mol. The summed E-state index contributed by atoms with van der Waals surface area (Å²) in [6.07, 6.45) is 9.19. The van der Waals surface area contributed by atoms with E-state index in [0.29, 0.717) is 24.3 Å². The van der Waals surface area contributed by atoms with Crippen LogP contribution in [0.3, 0.4) is 0 Å². The van der Waals surface area contributed by atoms with Gasteiger partial charge in [-0.05, 0) is 104 Å². The van der Waals surface area contributed by atoms with Crippen molar-refractivity contribution in [1.82, 2.24) is 0 Å². The van der Waals surface area contributed by atoms with Gasteiger partial charge >= 0.3 is 5.97 Å². The van der Waals surface area contributed by atoms with Crippen molar-refractivity contribution in [2.24, 2.45) is 39.4 Å². The molecule has 0 heterocycles. The first kappa shape index (κ1) is 26.6. The maximum Gasteiger partial charge on any atom is 0.308 e. The number of hydrogen-bond acceptors (Lipinski definition) is 4. The topological polar surface area (TPSA) is 63.6 Å². The lowest BCUT2D eigenvalue weighted by Crippen LogP contribution is -2.55. The van der Waals surface area contributed by atoms with Crippen molar-refractivity contribution in [2.45, 2.75) is 112 Å². The molecule has 0 aromatic carbocycles. The smallest absolute Gasteiger partial charge is 0.308 e. The first-order valence-electron chi connectivity index (χ1n) is 13.9. The van der Waals surface area contributed by atoms with Crippen molar-refractivity contribution in [3.63, 3.8) is 0 Å². The minimum Gasteiger partial charge on any atom is -0.469 e. The predicted octanol–water partition coefficient (Wildman–Crippen LogP) is 6.81. The zero-order valence-electron chi connectivity index (χ0n) is 23.3. The number of esters is 1. The molecule has 7 unspecified atom stereocenters. The fraction of sp³-hybridized carbons (Fsp3) is 0.806. The SMILES string of the molecule is C=C(C)C(=O)CCC(C(=O)OC)C1CCC2(C)C3=C(CCC12C)C1(C)CCC(O)C(C)(C)C1CC3. The summed E-state index contributed by atoms with van der Waals surface area (Å²) in [5.74, 6) is 0.383. The summed E-state index contributed by atoms with van der Waals surface area (Å²) in [4.78, 5) is 25.4. The lowest BCUT2D eigenvalue weighted by atomic mass is 9.43. The number of aliphatic hydroxyl groups is 1. The van der Waals surface area contributed by atoms with Crippen molar-refractivity contribution < 1.29 is 19.4 Å². The summed E-state index contributed by atoms with van der Waals surface area (Å²) < 4.78 is 5.29. The molecule has 0 amide bonds. The number of ether oxygens (including phenoxy) is 1. The molecule has 0 radical (unpaired) electrons. The lowest BCUT2D eigenvalue weighted by molar-refractivity contribution is -0.150. The summed E-state index contributed by atoms with van der Waals surface area (Å²) >= 11 is 0.